The summed E-state index contributed by atoms with van der Waals surface area (Å²) in [7, 11) is 0. The molecule has 0 atom stereocenters. The third-order valence-electron chi connectivity index (χ3n) is 3.53. The highest BCUT2D eigenvalue weighted by Gasteiger charge is 2.34. The van der Waals surface area contributed by atoms with Gasteiger partial charge in [-0.1, -0.05) is 41.9 Å². The van der Waals surface area contributed by atoms with Crippen molar-refractivity contribution in [1.29, 1.82) is 0 Å². The van der Waals surface area contributed by atoms with E-state index < -0.39 is 0 Å². The van der Waals surface area contributed by atoms with E-state index in [1.807, 2.05) is 24.3 Å². The minimum Gasteiger partial charge on any atom is -0.294 e. The topological polar surface area (TPSA) is 45.8 Å². The standard InChI is InChI=1S/C15H15BrN2O/c1-15(2)7-11-13(12(19)8-15)14(18-17-11)9-3-5-10(16)6-4-9/h3-6H,7-8H2,1-2H3,(H,17,18). The molecule has 98 valence electrons. The number of H-pyrrole nitrogens is 1. The van der Waals surface area contributed by atoms with E-state index in [0.29, 0.717) is 6.42 Å². The predicted molar refractivity (Wildman–Crippen MR) is 78.2 cm³/mol. The average molecular weight is 319 g/mol. The highest BCUT2D eigenvalue weighted by molar-refractivity contribution is 9.10. The van der Waals surface area contributed by atoms with Gasteiger partial charge in [-0.3, -0.25) is 9.89 Å². The predicted octanol–water partition coefficient (Wildman–Crippen LogP) is 3.99. The second kappa shape index (κ2) is 4.30. The molecule has 3 nitrogen and oxygen atoms in total. The average Bonchev–Trinajstić information content (AvgIpc) is 2.72. The monoisotopic (exact) mass is 318 g/mol. The van der Waals surface area contributed by atoms with Gasteiger partial charge in [-0.15, -0.1) is 0 Å². The lowest BCUT2D eigenvalue weighted by Gasteiger charge is -2.27. The van der Waals surface area contributed by atoms with Crippen LogP contribution < -0.4 is 0 Å². The fourth-order valence-corrected chi connectivity index (χ4v) is 2.95. The maximum Gasteiger partial charge on any atom is 0.167 e. The molecule has 0 bridgehead atoms. The zero-order chi connectivity index (χ0) is 13.6. The number of benzene rings is 1. The van der Waals surface area contributed by atoms with Gasteiger partial charge in [0, 0.05) is 22.2 Å². The number of aromatic amines is 1. The summed E-state index contributed by atoms with van der Waals surface area (Å²) in [4.78, 5) is 12.4. The second-order valence-electron chi connectivity index (χ2n) is 5.87. The van der Waals surface area contributed by atoms with Crippen molar-refractivity contribution in [3.8, 4) is 11.3 Å². The summed E-state index contributed by atoms with van der Waals surface area (Å²) in [6.07, 6.45) is 1.46. The number of hydrogen-bond acceptors (Lipinski definition) is 2. The molecule has 0 saturated carbocycles. The first-order valence-corrected chi connectivity index (χ1v) is 7.12. The van der Waals surface area contributed by atoms with Crippen LogP contribution in [0.2, 0.25) is 0 Å². The van der Waals surface area contributed by atoms with Crippen molar-refractivity contribution in [2.75, 3.05) is 0 Å². The number of Topliss-reactive ketones (excluding diaryl/α,β-unsaturated/α-hetero) is 1. The Kier molecular flexibility index (Phi) is 2.86. The van der Waals surface area contributed by atoms with Crippen molar-refractivity contribution >= 4 is 21.7 Å². The van der Waals surface area contributed by atoms with Gasteiger partial charge in [0.2, 0.25) is 0 Å². The van der Waals surface area contributed by atoms with Crippen LogP contribution in [-0.2, 0) is 6.42 Å². The summed E-state index contributed by atoms with van der Waals surface area (Å²) >= 11 is 3.42. The first-order chi connectivity index (χ1) is 8.96. The molecule has 4 heteroatoms. The Morgan fingerprint density at radius 2 is 1.89 bits per heavy atom. The summed E-state index contributed by atoms with van der Waals surface area (Å²) in [5, 5.41) is 7.40. The summed E-state index contributed by atoms with van der Waals surface area (Å²) in [6.45, 7) is 4.24. The molecular formula is C15H15BrN2O. The van der Waals surface area contributed by atoms with Crippen LogP contribution in [0.1, 0.15) is 36.3 Å². The van der Waals surface area contributed by atoms with Crippen LogP contribution in [0.3, 0.4) is 0 Å². The number of halogens is 1. The normalized spacial score (nSPS) is 17.3. The number of ketones is 1. The molecule has 1 N–H and O–H groups in total. The van der Waals surface area contributed by atoms with Crippen LogP contribution in [-0.4, -0.2) is 16.0 Å². The van der Waals surface area contributed by atoms with Crippen molar-refractivity contribution in [2.24, 2.45) is 5.41 Å². The smallest absolute Gasteiger partial charge is 0.167 e. The molecule has 19 heavy (non-hydrogen) atoms. The van der Waals surface area contributed by atoms with Gasteiger partial charge in [-0.25, -0.2) is 0 Å². The van der Waals surface area contributed by atoms with E-state index in [0.717, 1.165) is 33.4 Å². The molecule has 1 aromatic heterocycles. The molecule has 1 heterocycles. The van der Waals surface area contributed by atoms with Gasteiger partial charge in [0.25, 0.3) is 0 Å². The van der Waals surface area contributed by atoms with E-state index in [1.165, 1.54) is 0 Å². The quantitative estimate of drug-likeness (QED) is 0.864. The fraction of sp³-hybridized carbons (Fsp3) is 0.333. The van der Waals surface area contributed by atoms with Crippen LogP contribution in [0, 0.1) is 5.41 Å². The van der Waals surface area contributed by atoms with Gasteiger partial charge >= 0.3 is 0 Å². The Hall–Kier alpha value is -1.42. The molecule has 0 amide bonds. The Morgan fingerprint density at radius 3 is 2.58 bits per heavy atom. The van der Waals surface area contributed by atoms with Crippen LogP contribution in [0.5, 0.6) is 0 Å². The first kappa shape index (κ1) is 12.6. The largest absolute Gasteiger partial charge is 0.294 e. The number of carbonyl (C=O) groups excluding carboxylic acids is 1. The summed E-state index contributed by atoms with van der Waals surface area (Å²) < 4.78 is 1.02. The summed E-state index contributed by atoms with van der Waals surface area (Å²) in [6, 6.07) is 7.89. The molecule has 0 spiro atoms. The number of rotatable bonds is 1. The zero-order valence-electron chi connectivity index (χ0n) is 11.0. The molecule has 1 aliphatic rings. The lowest BCUT2D eigenvalue weighted by Crippen LogP contribution is -2.26. The Balaban J connectivity index is 2.09. The van der Waals surface area contributed by atoms with Gasteiger partial charge in [0.1, 0.15) is 5.69 Å². The maximum absolute atomic E-state index is 12.4. The number of nitrogens with zero attached hydrogens (tertiary/aromatic N) is 1. The third kappa shape index (κ3) is 2.25. The highest BCUT2D eigenvalue weighted by atomic mass is 79.9. The number of fused-ring (bicyclic) bond motifs is 1. The third-order valence-corrected chi connectivity index (χ3v) is 4.06. The Morgan fingerprint density at radius 1 is 1.21 bits per heavy atom. The number of carbonyl (C=O) groups is 1. The Labute approximate surface area is 120 Å². The lowest BCUT2D eigenvalue weighted by atomic mass is 9.75. The van der Waals surface area contributed by atoms with E-state index >= 15 is 0 Å². The second-order valence-corrected chi connectivity index (χ2v) is 6.79. The van der Waals surface area contributed by atoms with E-state index in [1.54, 1.807) is 0 Å². The molecule has 2 aromatic rings. The number of aromatic nitrogens is 2. The first-order valence-electron chi connectivity index (χ1n) is 6.33. The van der Waals surface area contributed by atoms with Crippen molar-refractivity contribution in [2.45, 2.75) is 26.7 Å². The van der Waals surface area contributed by atoms with Gasteiger partial charge in [-0.05, 0) is 24.0 Å². The van der Waals surface area contributed by atoms with E-state index in [-0.39, 0.29) is 11.2 Å². The van der Waals surface area contributed by atoms with E-state index in [9.17, 15) is 4.79 Å². The van der Waals surface area contributed by atoms with Crippen molar-refractivity contribution in [3.63, 3.8) is 0 Å². The maximum atomic E-state index is 12.4. The minimum atomic E-state index is 0.0214. The molecule has 0 unspecified atom stereocenters. The molecule has 1 aromatic carbocycles. The van der Waals surface area contributed by atoms with Gasteiger partial charge in [0.15, 0.2) is 5.78 Å². The summed E-state index contributed by atoms with van der Waals surface area (Å²) in [5.74, 6) is 0.193. The molecule has 0 radical (unpaired) electrons. The summed E-state index contributed by atoms with van der Waals surface area (Å²) in [5.41, 5.74) is 3.53. The Bertz CT molecular complexity index is 641. The molecule has 0 saturated heterocycles. The molecule has 1 aliphatic carbocycles. The van der Waals surface area contributed by atoms with E-state index in [2.05, 4.69) is 40.0 Å². The molecule has 3 rings (SSSR count). The van der Waals surface area contributed by atoms with Gasteiger partial charge in [0.05, 0.1) is 5.56 Å². The van der Waals surface area contributed by atoms with Crippen molar-refractivity contribution in [3.05, 3.63) is 40.0 Å². The molecule has 0 aliphatic heterocycles. The van der Waals surface area contributed by atoms with Crippen LogP contribution in [0.25, 0.3) is 11.3 Å². The van der Waals surface area contributed by atoms with E-state index in [4.69, 9.17) is 0 Å². The SMILES string of the molecule is CC1(C)CC(=O)c2c(-c3ccc(Br)cc3)n[nH]c2C1. The molecular weight excluding hydrogens is 304 g/mol. The molecule has 0 fully saturated rings. The highest BCUT2D eigenvalue weighted by Crippen LogP contribution is 2.37. The van der Waals surface area contributed by atoms with Crippen LogP contribution >= 0.6 is 15.9 Å². The minimum absolute atomic E-state index is 0.0214. The van der Waals surface area contributed by atoms with Crippen molar-refractivity contribution < 1.29 is 4.79 Å². The zero-order valence-corrected chi connectivity index (χ0v) is 12.5. The number of nitrogens with one attached hydrogen (secondary N) is 1. The van der Waals surface area contributed by atoms with Gasteiger partial charge in [-0.2, -0.15) is 5.10 Å². The van der Waals surface area contributed by atoms with Crippen LogP contribution in [0.15, 0.2) is 28.7 Å². The number of hydrogen-bond donors (Lipinski definition) is 1. The van der Waals surface area contributed by atoms with Crippen LogP contribution in [0.4, 0.5) is 0 Å². The van der Waals surface area contributed by atoms with Crippen molar-refractivity contribution in [1.82, 2.24) is 10.2 Å². The lowest BCUT2D eigenvalue weighted by molar-refractivity contribution is 0.0912. The fourth-order valence-electron chi connectivity index (χ4n) is 2.69. The van der Waals surface area contributed by atoms with Gasteiger partial charge < -0.3 is 0 Å².